The van der Waals surface area contributed by atoms with Crippen LogP contribution in [0.4, 0.5) is 10.7 Å². The van der Waals surface area contributed by atoms with Gasteiger partial charge in [0.05, 0.1) is 12.7 Å². The van der Waals surface area contributed by atoms with Crippen LogP contribution in [0.15, 0.2) is 41.4 Å². The van der Waals surface area contributed by atoms with E-state index in [2.05, 4.69) is 5.32 Å². The number of hydrogen-bond acceptors (Lipinski definition) is 6. The van der Waals surface area contributed by atoms with E-state index in [1.807, 2.05) is 44.2 Å². The van der Waals surface area contributed by atoms with Gasteiger partial charge in [0.2, 0.25) is 0 Å². The number of anilines is 1. The molecular formula is C29H33N3O4S. The maximum absolute atomic E-state index is 13.7. The number of nitrogens with one attached hydrogen (secondary N) is 1. The standard InChI is InChI=1S/C29H33N3O4S/c1-18-13-14-19(2)22(15-18)32-28(34)26-21-10-6-4-5-7-12-24(21)37-29(26)31-16-20-9-8-11-23(35-3)27(20)36-17-25(30)33/h8-9,11,13-16H,4-7,10,12,17H2,1-3H3,(H2,30,33)(H,32,34). The Bertz CT molecular complexity index is 1330. The molecule has 0 saturated carbocycles. The Hall–Kier alpha value is -3.65. The van der Waals surface area contributed by atoms with Crippen LogP contribution in [-0.2, 0) is 17.6 Å². The molecule has 37 heavy (non-hydrogen) atoms. The quantitative estimate of drug-likeness (QED) is 0.362. The van der Waals surface area contributed by atoms with Gasteiger partial charge in [-0.1, -0.05) is 31.0 Å². The third kappa shape index (κ3) is 6.38. The summed E-state index contributed by atoms with van der Waals surface area (Å²) in [6.07, 6.45) is 8.00. The van der Waals surface area contributed by atoms with E-state index in [0.29, 0.717) is 27.6 Å². The van der Waals surface area contributed by atoms with Crippen LogP contribution in [0.2, 0.25) is 0 Å². The largest absolute Gasteiger partial charge is 0.493 e. The minimum atomic E-state index is -0.586. The molecule has 0 saturated heterocycles. The third-order valence-electron chi connectivity index (χ3n) is 6.43. The van der Waals surface area contributed by atoms with Crippen molar-refractivity contribution in [2.45, 2.75) is 52.4 Å². The van der Waals surface area contributed by atoms with E-state index < -0.39 is 5.91 Å². The van der Waals surface area contributed by atoms with Gasteiger partial charge in [-0.3, -0.25) is 9.59 Å². The number of aryl methyl sites for hydroxylation is 3. The predicted octanol–water partition coefficient (Wildman–Crippen LogP) is 5.90. The molecule has 0 bridgehead atoms. The van der Waals surface area contributed by atoms with Gasteiger partial charge in [0, 0.05) is 22.3 Å². The molecule has 0 radical (unpaired) electrons. The second kappa shape index (κ2) is 12.1. The van der Waals surface area contributed by atoms with Gasteiger partial charge in [0.25, 0.3) is 11.8 Å². The molecule has 194 valence electrons. The molecule has 1 aliphatic rings. The number of rotatable bonds is 8. The van der Waals surface area contributed by atoms with Gasteiger partial charge < -0.3 is 20.5 Å². The molecule has 0 atom stereocenters. The van der Waals surface area contributed by atoms with E-state index in [1.165, 1.54) is 18.4 Å². The van der Waals surface area contributed by atoms with Crippen molar-refractivity contribution in [3.8, 4) is 11.5 Å². The van der Waals surface area contributed by atoms with Crippen LogP contribution in [0.1, 0.15) is 63.2 Å². The molecule has 1 aromatic heterocycles. The van der Waals surface area contributed by atoms with E-state index >= 15 is 0 Å². The van der Waals surface area contributed by atoms with Crippen LogP contribution < -0.4 is 20.5 Å². The van der Waals surface area contributed by atoms with Crippen LogP contribution in [-0.4, -0.2) is 31.7 Å². The smallest absolute Gasteiger partial charge is 0.259 e. The van der Waals surface area contributed by atoms with Crippen LogP contribution in [0.25, 0.3) is 0 Å². The van der Waals surface area contributed by atoms with Crippen molar-refractivity contribution in [2.75, 3.05) is 19.0 Å². The number of thiophene rings is 1. The molecular weight excluding hydrogens is 486 g/mol. The number of hydrogen-bond donors (Lipinski definition) is 2. The van der Waals surface area contributed by atoms with Crippen LogP contribution in [0, 0.1) is 13.8 Å². The van der Waals surface area contributed by atoms with Gasteiger partial charge in [-0.05, 0) is 74.4 Å². The first-order valence-electron chi connectivity index (χ1n) is 12.5. The number of carbonyl (C=O) groups excluding carboxylic acids is 2. The number of carbonyl (C=O) groups is 2. The molecule has 2 aromatic carbocycles. The average Bonchev–Trinajstić information content (AvgIpc) is 3.19. The zero-order valence-corrected chi connectivity index (χ0v) is 22.4. The summed E-state index contributed by atoms with van der Waals surface area (Å²) < 4.78 is 11.1. The summed E-state index contributed by atoms with van der Waals surface area (Å²) in [6, 6.07) is 11.4. The number of methoxy groups -OCH3 is 1. The Morgan fingerprint density at radius 1 is 1.11 bits per heavy atom. The Balaban J connectivity index is 1.74. The van der Waals surface area contributed by atoms with Crippen LogP contribution >= 0.6 is 11.3 Å². The monoisotopic (exact) mass is 519 g/mol. The Labute approximate surface area is 221 Å². The van der Waals surface area contributed by atoms with Gasteiger partial charge in [0.1, 0.15) is 5.00 Å². The minimum Gasteiger partial charge on any atom is -0.493 e. The van der Waals surface area contributed by atoms with Crippen molar-refractivity contribution in [1.82, 2.24) is 0 Å². The van der Waals surface area contributed by atoms with E-state index in [1.54, 1.807) is 23.6 Å². The summed E-state index contributed by atoms with van der Waals surface area (Å²) in [5.74, 6) is 0.118. The summed E-state index contributed by atoms with van der Waals surface area (Å²) in [6.45, 7) is 3.72. The van der Waals surface area contributed by atoms with Crippen molar-refractivity contribution >= 4 is 40.1 Å². The Morgan fingerprint density at radius 2 is 1.89 bits per heavy atom. The fourth-order valence-corrected chi connectivity index (χ4v) is 5.74. The number of primary amides is 1. The molecule has 4 rings (SSSR count). The molecule has 3 N–H and O–H groups in total. The fraction of sp³-hybridized carbons (Fsp3) is 0.345. The van der Waals surface area contributed by atoms with Crippen LogP contribution in [0.5, 0.6) is 11.5 Å². The summed E-state index contributed by atoms with van der Waals surface area (Å²) in [5, 5.41) is 3.80. The van der Waals surface area contributed by atoms with Crippen LogP contribution in [0.3, 0.4) is 0 Å². The lowest BCUT2D eigenvalue weighted by molar-refractivity contribution is -0.119. The highest BCUT2D eigenvalue weighted by Gasteiger charge is 2.25. The first-order chi connectivity index (χ1) is 17.9. The zero-order chi connectivity index (χ0) is 26.4. The zero-order valence-electron chi connectivity index (χ0n) is 21.6. The average molecular weight is 520 g/mol. The molecule has 0 unspecified atom stereocenters. The Morgan fingerprint density at radius 3 is 2.65 bits per heavy atom. The van der Waals surface area contributed by atoms with E-state index in [0.717, 1.165) is 54.5 Å². The van der Waals surface area contributed by atoms with Gasteiger partial charge in [-0.2, -0.15) is 0 Å². The predicted molar refractivity (Wildman–Crippen MR) is 149 cm³/mol. The van der Waals surface area contributed by atoms with Crippen molar-refractivity contribution in [3.63, 3.8) is 0 Å². The Kier molecular flexibility index (Phi) is 8.61. The molecule has 1 heterocycles. The van der Waals surface area contributed by atoms with Crippen molar-refractivity contribution in [3.05, 3.63) is 69.1 Å². The first-order valence-corrected chi connectivity index (χ1v) is 13.3. The molecule has 2 amide bonds. The lowest BCUT2D eigenvalue weighted by Crippen LogP contribution is -2.20. The number of fused-ring (bicyclic) bond motifs is 1. The molecule has 0 spiro atoms. The highest BCUT2D eigenvalue weighted by molar-refractivity contribution is 7.16. The molecule has 1 aliphatic carbocycles. The summed E-state index contributed by atoms with van der Waals surface area (Å²) in [4.78, 5) is 31.1. The molecule has 7 nitrogen and oxygen atoms in total. The van der Waals surface area contributed by atoms with E-state index in [4.69, 9.17) is 20.2 Å². The van der Waals surface area contributed by atoms with Crippen molar-refractivity contribution < 1.29 is 19.1 Å². The molecule has 0 fully saturated rings. The van der Waals surface area contributed by atoms with Gasteiger partial charge in [-0.15, -0.1) is 11.3 Å². The minimum absolute atomic E-state index is 0.144. The van der Waals surface area contributed by atoms with E-state index in [9.17, 15) is 9.59 Å². The number of amides is 2. The maximum atomic E-state index is 13.7. The fourth-order valence-electron chi connectivity index (χ4n) is 4.51. The molecule has 3 aromatic rings. The highest BCUT2D eigenvalue weighted by Crippen LogP contribution is 2.40. The molecule has 8 heteroatoms. The topological polar surface area (TPSA) is 103 Å². The lowest BCUT2D eigenvalue weighted by Gasteiger charge is -2.13. The lowest BCUT2D eigenvalue weighted by atomic mass is 9.96. The number of ether oxygens (including phenoxy) is 2. The number of para-hydroxylation sites is 1. The number of aliphatic imine (C=N–C) groups is 1. The number of nitrogens with zero attached hydrogens (tertiary/aromatic N) is 1. The van der Waals surface area contributed by atoms with Gasteiger partial charge >= 0.3 is 0 Å². The normalized spacial score (nSPS) is 13.5. The van der Waals surface area contributed by atoms with Gasteiger partial charge in [-0.25, -0.2) is 4.99 Å². The summed E-state index contributed by atoms with van der Waals surface area (Å²) in [5.41, 5.74) is 10.6. The number of benzene rings is 2. The maximum Gasteiger partial charge on any atom is 0.259 e. The first kappa shape index (κ1) is 26.4. The summed E-state index contributed by atoms with van der Waals surface area (Å²) >= 11 is 1.58. The number of nitrogens with two attached hydrogens (primary N) is 1. The van der Waals surface area contributed by atoms with Gasteiger partial charge in [0.15, 0.2) is 18.1 Å². The highest BCUT2D eigenvalue weighted by atomic mass is 32.1. The second-order valence-electron chi connectivity index (χ2n) is 9.26. The van der Waals surface area contributed by atoms with E-state index in [-0.39, 0.29) is 12.5 Å². The second-order valence-corrected chi connectivity index (χ2v) is 10.3. The summed E-state index contributed by atoms with van der Waals surface area (Å²) in [7, 11) is 1.53. The SMILES string of the molecule is COc1cccc(C=Nc2sc3c(c2C(=O)Nc2cc(C)ccc2C)CCCCCC3)c1OCC(N)=O. The third-order valence-corrected chi connectivity index (χ3v) is 7.63. The van der Waals surface area contributed by atoms with Crippen molar-refractivity contribution in [1.29, 1.82) is 0 Å². The van der Waals surface area contributed by atoms with Crippen molar-refractivity contribution in [2.24, 2.45) is 10.7 Å². The molecule has 0 aliphatic heterocycles.